The molecule has 0 saturated heterocycles. The van der Waals surface area contributed by atoms with Crippen LogP contribution < -0.4 is 0 Å². The third kappa shape index (κ3) is 3.70. The number of hydrogen-bond donors (Lipinski definition) is 1. The van der Waals surface area contributed by atoms with Crippen LogP contribution in [0.15, 0.2) is 42.9 Å². The molecule has 21 heavy (non-hydrogen) atoms. The molecule has 2 aromatic rings. The molecule has 0 spiro atoms. The predicted octanol–water partition coefficient (Wildman–Crippen LogP) is 2.42. The maximum atomic E-state index is 12.2. The van der Waals surface area contributed by atoms with Crippen LogP contribution in [0.3, 0.4) is 0 Å². The maximum Gasteiger partial charge on any atom is 0.356 e. The Labute approximate surface area is 124 Å². The number of aromatic nitrogens is 2. The molecule has 0 radical (unpaired) electrons. The minimum atomic E-state index is -0.420. The first-order chi connectivity index (χ1) is 10.1. The van der Waals surface area contributed by atoms with Gasteiger partial charge in [0.25, 0.3) is 0 Å². The van der Waals surface area contributed by atoms with Gasteiger partial charge in [-0.1, -0.05) is 30.3 Å². The third-order valence-corrected chi connectivity index (χ3v) is 3.42. The molecule has 1 aromatic heterocycles. The number of nitrogens with zero attached hydrogens (tertiary/aromatic N) is 2. The fourth-order valence-electron chi connectivity index (χ4n) is 2.15. The highest BCUT2D eigenvalue weighted by Gasteiger charge is 2.19. The van der Waals surface area contributed by atoms with Crippen molar-refractivity contribution in [2.45, 2.75) is 32.4 Å². The van der Waals surface area contributed by atoms with Crippen LogP contribution in [0.2, 0.25) is 0 Å². The Morgan fingerprint density at radius 3 is 2.71 bits per heavy atom. The number of benzene rings is 1. The number of hydrogen-bond acceptors (Lipinski definition) is 4. The summed E-state index contributed by atoms with van der Waals surface area (Å²) in [6.45, 7) is 3.76. The minimum absolute atomic E-state index is 0.00583. The molecule has 0 aliphatic carbocycles. The zero-order valence-electron chi connectivity index (χ0n) is 12.3. The van der Waals surface area contributed by atoms with Gasteiger partial charge in [0.15, 0.2) is 0 Å². The van der Waals surface area contributed by atoms with Gasteiger partial charge in [0.05, 0.1) is 18.6 Å². The summed E-state index contributed by atoms with van der Waals surface area (Å²) in [6.07, 6.45) is 3.24. The Morgan fingerprint density at radius 2 is 2.05 bits per heavy atom. The fraction of sp³-hybridized carbons (Fsp3) is 0.375. The van der Waals surface area contributed by atoms with E-state index in [0.717, 1.165) is 5.56 Å². The van der Waals surface area contributed by atoms with Gasteiger partial charge >= 0.3 is 5.97 Å². The molecule has 0 aliphatic heterocycles. The number of aliphatic hydroxyl groups excluding tert-OH is 1. The van der Waals surface area contributed by atoms with Crippen molar-refractivity contribution in [3.05, 3.63) is 54.1 Å². The number of imidazole rings is 1. The minimum Gasteiger partial charge on any atom is -0.458 e. The van der Waals surface area contributed by atoms with Gasteiger partial charge in [-0.15, -0.1) is 0 Å². The maximum absolute atomic E-state index is 12.2. The molecule has 0 bridgehead atoms. The predicted molar refractivity (Wildman–Crippen MR) is 79.1 cm³/mol. The van der Waals surface area contributed by atoms with Crippen molar-refractivity contribution in [1.29, 1.82) is 0 Å². The molecular weight excluding hydrogens is 268 g/mol. The summed E-state index contributed by atoms with van der Waals surface area (Å²) >= 11 is 0. The van der Waals surface area contributed by atoms with E-state index in [1.807, 2.05) is 37.3 Å². The van der Waals surface area contributed by atoms with Crippen molar-refractivity contribution >= 4 is 5.97 Å². The van der Waals surface area contributed by atoms with Gasteiger partial charge in [0.2, 0.25) is 0 Å². The highest BCUT2D eigenvalue weighted by Crippen LogP contribution is 2.20. The second-order valence-corrected chi connectivity index (χ2v) is 5.00. The average molecular weight is 288 g/mol. The molecule has 0 amide bonds. The number of rotatable bonds is 6. The molecule has 0 fully saturated rings. The molecule has 0 aliphatic rings. The van der Waals surface area contributed by atoms with Gasteiger partial charge in [-0.05, 0) is 19.4 Å². The molecule has 1 N–H and O–H groups in total. The van der Waals surface area contributed by atoms with Gasteiger partial charge in [-0.3, -0.25) is 0 Å². The summed E-state index contributed by atoms with van der Waals surface area (Å²) in [6, 6.07) is 9.89. The number of carbonyl (C=O) groups is 1. The van der Waals surface area contributed by atoms with E-state index in [2.05, 4.69) is 4.98 Å². The van der Waals surface area contributed by atoms with Crippen molar-refractivity contribution in [1.82, 2.24) is 9.55 Å². The summed E-state index contributed by atoms with van der Waals surface area (Å²) in [5.74, 6) is -0.420. The normalized spacial score (nSPS) is 13.7. The van der Waals surface area contributed by atoms with E-state index in [1.165, 1.54) is 6.20 Å². The van der Waals surface area contributed by atoms with Crippen LogP contribution >= 0.6 is 0 Å². The van der Waals surface area contributed by atoms with Crippen molar-refractivity contribution in [2.75, 3.05) is 6.61 Å². The molecule has 5 nitrogen and oxygen atoms in total. The monoisotopic (exact) mass is 288 g/mol. The molecule has 1 aromatic carbocycles. The molecule has 112 valence electrons. The van der Waals surface area contributed by atoms with Crippen molar-refractivity contribution < 1.29 is 14.6 Å². The molecule has 2 rings (SSSR count). The average Bonchev–Trinajstić information content (AvgIpc) is 2.97. The largest absolute Gasteiger partial charge is 0.458 e. The lowest BCUT2D eigenvalue weighted by Crippen LogP contribution is -2.20. The highest BCUT2D eigenvalue weighted by molar-refractivity contribution is 5.87. The Hall–Kier alpha value is -2.14. The molecule has 5 heteroatoms. The van der Waals surface area contributed by atoms with E-state index in [1.54, 1.807) is 17.8 Å². The van der Waals surface area contributed by atoms with Gasteiger partial charge < -0.3 is 14.4 Å². The standard InChI is InChI=1S/C16H20N2O3/c1-12(8-9-19)21-16(20)15-10-17-11-18(15)13(2)14-6-4-3-5-7-14/h3-7,10-13,19H,8-9H2,1-2H3. The molecule has 1 heterocycles. The summed E-state index contributed by atoms with van der Waals surface area (Å²) in [5, 5.41) is 8.86. The van der Waals surface area contributed by atoms with E-state index in [0.29, 0.717) is 12.1 Å². The number of esters is 1. The number of carbonyl (C=O) groups excluding carboxylic acids is 1. The highest BCUT2D eigenvalue weighted by atomic mass is 16.5. The fourth-order valence-corrected chi connectivity index (χ4v) is 2.15. The first kappa shape index (κ1) is 15.3. The lowest BCUT2D eigenvalue weighted by Gasteiger charge is -2.18. The Balaban J connectivity index is 2.17. The first-order valence-electron chi connectivity index (χ1n) is 7.02. The van der Waals surface area contributed by atoms with Crippen molar-refractivity contribution in [3.8, 4) is 0 Å². The Morgan fingerprint density at radius 1 is 1.33 bits per heavy atom. The van der Waals surface area contributed by atoms with E-state index in [9.17, 15) is 4.79 Å². The second kappa shape index (κ2) is 7.04. The van der Waals surface area contributed by atoms with E-state index in [4.69, 9.17) is 9.84 Å². The van der Waals surface area contributed by atoms with Crippen LogP contribution in [-0.2, 0) is 4.74 Å². The van der Waals surface area contributed by atoms with Gasteiger partial charge in [-0.2, -0.15) is 0 Å². The lowest BCUT2D eigenvalue weighted by atomic mass is 10.1. The summed E-state index contributed by atoms with van der Waals surface area (Å²) in [5.41, 5.74) is 1.50. The molecule has 0 saturated carbocycles. The smallest absolute Gasteiger partial charge is 0.356 e. The lowest BCUT2D eigenvalue weighted by molar-refractivity contribution is 0.0276. The van der Waals surface area contributed by atoms with Crippen molar-refractivity contribution in [3.63, 3.8) is 0 Å². The summed E-state index contributed by atoms with van der Waals surface area (Å²) in [7, 11) is 0. The van der Waals surface area contributed by atoms with E-state index >= 15 is 0 Å². The Bertz CT molecular complexity index is 580. The molecular formula is C16H20N2O3. The first-order valence-corrected chi connectivity index (χ1v) is 7.02. The number of ether oxygens (including phenoxy) is 1. The van der Waals surface area contributed by atoms with Crippen molar-refractivity contribution in [2.24, 2.45) is 0 Å². The Kier molecular flexibility index (Phi) is 5.11. The molecule has 2 unspecified atom stereocenters. The van der Waals surface area contributed by atoms with Crippen LogP contribution in [0.25, 0.3) is 0 Å². The van der Waals surface area contributed by atoms with Gasteiger partial charge in [0, 0.05) is 13.0 Å². The van der Waals surface area contributed by atoms with Crippen LogP contribution in [-0.4, -0.2) is 33.3 Å². The number of aliphatic hydroxyl groups is 1. The van der Waals surface area contributed by atoms with Crippen LogP contribution in [0.4, 0.5) is 0 Å². The van der Waals surface area contributed by atoms with Crippen LogP contribution in [0.5, 0.6) is 0 Å². The van der Waals surface area contributed by atoms with E-state index < -0.39 is 5.97 Å². The van der Waals surface area contributed by atoms with Gasteiger partial charge in [-0.25, -0.2) is 9.78 Å². The molecule has 2 atom stereocenters. The van der Waals surface area contributed by atoms with E-state index in [-0.39, 0.29) is 18.8 Å². The van der Waals surface area contributed by atoms with Crippen LogP contribution in [0.1, 0.15) is 42.4 Å². The zero-order valence-corrected chi connectivity index (χ0v) is 12.3. The van der Waals surface area contributed by atoms with Gasteiger partial charge in [0.1, 0.15) is 11.8 Å². The quantitative estimate of drug-likeness (QED) is 0.829. The second-order valence-electron chi connectivity index (χ2n) is 5.00. The topological polar surface area (TPSA) is 64.3 Å². The summed E-state index contributed by atoms with van der Waals surface area (Å²) < 4.78 is 7.10. The summed E-state index contributed by atoms with van der Waals surface area (Å²) in [4.78, 5) is 16.2. The zero-order chi connectivity index (χ0) is 15.2. The van der Waals surface area contributed by atoms with Crippen LogP contribution in [0, 0.1) is 0 Å². The SMILES string of the molecule is CC(CCO)OC(=O)c1cncn1C(C)c1ccccc1. The third-order valence-electron chi connectivity index (χ3n) is 3.42.